The SMILES string of the molecule is CC(C)(C)c1ccc2c(c1)C1c3ccccc3C2C2C(=O)N(c3cc(Cl)ccc3Cl)C(=O)C12. The zero-order valence-corrected chi connectivity index (χ0v) is 20.1. The second-order valence-electron chi connectivity index (χ2n) is 10.3. The molecule has 3 aromatic rings. The van der Waals surface area contributed by atoms with E-state index < -0.39 is 11.8 Å². The standard InChI is InChI=1S/C28H23Cl2NO2/c1-28(2,3)14-8-10-18-19(12-14)23-17-7-5-4-6-16(17)22(18)24-25(23)27(33)31(26(24)32)21-13-15(29)9-11-20(21)30/h4-13,22-25H,1-3H3. The van der Waals surface area contributed by atoms with Crippen LogP contribution in [0.4, 0.5) is 5.69 Å². The van der Waals surface area contributed by atoms with Crippen LogP contribution >= 0.6 is 23.2 Å². The first-order chi connectivity index (χ1) is 15.7. The fourth-order valence-electron chi connectivity index (χ4n) is 6.09. The van der Waals surface area contributed by atoms with Gasteiger partial charge in [-0.1, -0.05) is 86.4 Å². The Hall–Kier alpha value is -2.62. The van der Waals surface area contributed by atoms with Crippen LogP contribution in [-0.4, -0.2) is 11.8 Å². The summed E-state index contributed by atoms with van der Waals surface area (Å²) in [6.45, 7) is 6.58. The third-order valence-electron chi connectivity index (χ3n) is 7.55. The number of anilines is 1. The van der Waals surface area contributed by atoms with Crippen molar-refractivity contribution in [1.82, 2.24) is 0 Å². The Balaban J connectivity index is 1.57. The molecule has 1 aliphatic heterocycles. The van der Waals surface area contributed by atoms with E-state index in [0.29, 0.717) is 15.7 Å². The number of rotatable bonds is 1. The molecule has 1 saturated heterocycles. The van der Waals surface area contributed by atoms with Crippen LogP contribution in [0, 0.1) is 11.8 Å². The third-order valence-corrected chi connectivity index (χ3v) is 8.11. The first-order valence-corrected chi connectivity index (χ1v) is 12.0. The molecule has 2 amide bonds. The number of amides is 2. The molecule has 0 radical (unpaired) electrons. The Bertz CT molecular complexity index is 1360. The van der Waals surface area contributed by atoms with E-state index in [4.69, 9.17) is 23.2 Å². The number of nitrogens with zero attached hydrogens (tertiary/aromatic N) is 1. The van der Waals surface area contributed by atoms with Crippen molar-refractivity contribution in [3.05, 3.63) is 98.5 Å². The van der Waals surface area contributed by atoms with Crippen molar-refractivity contribution in [3.8, 4) is 0 Å². The second-order valence-corrected chi connectivity index (χ2v) is 11.2. The number of halogens is 2. The Morgan fingerprint density at radius 3 is 1.91 bits per heavy atom. The van der Waals surface area contributed by atoms with E-state index in [2.05, 4.69) is 51.1 Å². The van der Waals surface area contributed by atoms with Crippen molar-refractivity contribution in [3.63, 3.8) is 0 Å². The molecule has 0 N–H and O–H groups in total. The molecule has 3 aliphatic carbocycles. The van der Waals surface area contributed by atoms with Crippen LogP contribution in [0.3, 0.4) is 0 Å². The predicted molar refractivity (Wildman–Crippen MR) is 131 cm³/mol. The smallest absolute Gasteiger partial charge is 0.238 e. The summed E-state index contributed by atoms with van der Waals surface area (Å²) in [4.78, 5) is 29.0. The number of hydrogen-bond acceptors (Lipinski definition) is 2. The van der Waals surface area contributed by atoms with E-state index in [-0.39, 0.29) is 29.1 Å². The predicted octanol–water partition coefficient (Wildman–Crippen LogP) is 6.69. The van der Waals surface area contributed by atoms with Crippen LogP contribution < -0.4 is 4.90 Å². The van der Waals surface area contributed by atoms with Crippen LogP contribution in [0.5, 0.6) is 0 Å². The Kier molecular flexibility index (Phi) is 4.41. The molecule has 166 valence electrons. The molecule has 4 atom stereocenters. The van der Waals surface area contributed by atoms with Gasteiger partial charge in [0.25, 0.3) is 0 Å². The average molecular weight is 476 g/mol. The number of imide groups is 1. The molecular weight excluding hydrogens is 453 g/mol. The quantitative estimate of drug-likeness (QED) is 0.367. The molecule has 0 spiro atoms. The van der Waals surface area contributed by atoms with Gasteiger partial charge in [-0.05, 0) is 51.4 Å². The summed E-state index contributed by atoms with van der Waals surface area (Å²) in [5.74, 6) is -1.59. The Morgan fingerprint density at radius 1 is 0.727 bits per heavy atom. The van der Waals surface area contributed by atoms with E-state index in [0.717, 1.165) is 16.7 Å². The molecule has 4 unspecified atom stereocenters. The maximum Gasteiger partial charge on any atom is 0.238 e. The van der Waals surface area contributed by atoms with Crippen LogP contribution in [-0.2, 0) is 15.0 Å². The van der Waals surface area contributed by atoms with Crippen molar-refractivity contribution in [2.75, 3.05) is 4.90 Å². The molecule has 4 aliphatic rings. The highest BCUT2D eigenvalue weighted by atomic mass is 35.5. The van der Waals surface area contributed by atoms with Crippen LogP contribution in [0.1, 0.15) is 60.4 Å². The van der Waals surface area contributed by atoms with E-state index >= 15 is 0 Å². The molecule has 2 bridgehead atoms. The first-order valence-electron chi connectivity index (χ1n) is 11.2. The fourth-order valence-corrected chi connectivity index (χ4v) is 6.46. The van der Waals surface area contributed by atoms with Gasteiger partial charge in [0, 0.05) is 16.9 Å². The summed E-state index contributed by atoms with van der Waals surface area (Å²) < 4.78 is 0. The number of carbonyl (C=O) groups is 2. The van der Waals surface area contributed by atoms with Crippen molar-refractivity contribution in [1.29, 1.82) is 0 Å². The van der Waals surface area contributed by atoms with Gasteiger partial charge in [0.2, 0.25) is 11.8 Å². The highest BCUT2D eigenvalue weighted by Gasteiger charge is 2.62. The van der Waals surface area contributed by atoms with E-state index in [1.807, 2.05) is 12.1 Å². The summed E-state index contributed by atoms with van der Waals surface area (Å²) in [6.07, 6.45) is 0. The van der Waals surface area contributed by atoms with Crippen molar-refractivity contribution < 1.29 is 9.59 Å². The molecule has 0 aromatic heterocycles. The molecule has 7 rings (SSSR count). The van der Waals surface area contributed by atoms with Gasteiger partial charge in [-0.25, -0.2) is 4.90 Å². The monoisotopic (exact) mass is 475 g/mol. The lowest BCUT2D eigenvalue weighted by atomic mass is 9.54. The summed E-state index contributed by atoms with van der Waals surface area (Å²) in [5, 5.41) is 0.784. The fraction of sp³-hybridized carbons (Fsp3) is 0.286. The number of carbonyl (C=O) groups excluding carboxylic acids is 2. The van der Waals surface area contributed by atoms with Crippen LogP contribution in [0.15, 0.2) is 60.7 Å². The zero-order chi connectivity index (χ0) is 23.2. The van der Waals surface area contributed by atoms with Gasteiger partial charge in [-0.2, -0.15) is 0 Å². The molecule has 0 saturated carbocycles. The molecular formula is C28H23Cl2NO2. The molecule has 33 heavy (non-hydrogen) atoms. The van der Waals surface area contributed by atoms with Crippen LogP contribution in [0.25, 0.3) is 0 Å². The van der Waals surface area contributed by atoms with Crippen molar-refractivity contribution in [2.45, 2.75) is 38.0 Å². The highest BCUT2D eigenvalue weighted by Crippen LogP contribution is 2.62. The lowest BCUT2D eigenvalue weighted by Gasteiger charge is -2.46. The highest BCUT2D eigenvalue weighted by molar-refractivity contribution is 6.38. The summed E-state index contributed by atoms with van der Waals surface area (Å²) in [6, 6.07) is 19.8. The third kappa shape index (κ3) is 2.82. The van der Waals surface area contributed by atoms with Crippen molar-refractivity contribution in [2.24, 2.45) is 11.8 Å². The summed E-state index contributed by atoms with van der Waals surface area (Å²) in [7, 11) is 0. The van der Waals surface area contributed by atoms with E-state index in [9.17, 15) is 9.59 Å². The largest absolute Gasteiger partial charge is 0.274 e. The van der Waals surface area contributed by atoms with Gasteiger partial charge in [0.1, 0.15) is 0 Å². The van der Waals surface area contributed by atoms with Gasteiger partial charge in [-0.15, -0.1) is 0 Å². The minimum Gasteiger partial charge on any atom is -0.274 e. The maximum absolute atomic E-state index is 13.9. The maximum atomic E-state index is 13.9. The van der Waals surface area contributed by atoms with Gasteiger partial charge >= 0.3 is 0 Å². The second kappa shape index (κ2) is 6.94. The van der Waals surface area contributed by atoms with Gasteiger partial charge in [0.05, 0.1) is 22.5 Å². The lowest BCUT2D eigenvalue weighted by Crippen LogP contribution is -2.41. The van der Waals surface area contributed by atoms with E-state index in [1.54, 1.807) is 18.2 Å². The summed E-state index contributed by atoms with van der Waals surface area (Å²) in [5.41, 5.74) is 6.23. The van der Waals surface area contributed by atoms with Gasteiger partial charge < -0.3 is 0 Å². The Labute approximate surface area is 203 Å². The first kappa shape index (κ1) is 20.9. The minimum atomic E-state index is -0.449. The van der Waals surface area contributed by atoms with Gasteiger partial charge in [-0.3, -0.25) is 9.59 Å². The van der Waals surface area contributed by atoms with Crippen LogP contribution in [0.2, 0.25) is 10.0 Å². The Morgan fingerprint density at radius 2 is 1.30 bits per heavy atom. The topological polar surface area (TPSA) is 37.4 Å². The molecule has 5 heteroatoms. The van der Waals surface area contributed by atoms with Crippen molar-refractivity contribution >= 4 is 40.7 Å². The molecule has 1 heterocycles. The molecule has 1 fully saturated rings. The number of hydrogen-bond donors (Lipinski definition) is 0. The lowest BCUT2D eigenvalue weighted by molar-refractivity contribution is -0.122. The zero-order valence-electron chi connectivity index (χ0n) is 18.6. The number of benzene rings is 3. The normalized spacial score (nSPS) is 25.2. The minimum absolute atomic E-state index is 0.0134. The summed E-state index contributed by atoms with van der Waals surface area (Å²) >= 11 is 12.6. The average Bonchev–Trinajstić information content (AvgIpc) is 3.05. The molecule has 3 nitrogen and oxygen atoms in total. The van der Waals surface area contributed by atoms with E-state index in [1.165, 1.54) is 16.0 Å². The molecule has 3 aromatic carbocycles. The van der Waals surface area contributed by atoms with Gasteiger partial charge in [0.15, 0.2) is 0 Å².